The summed E-state index contributed by atoms with van der Waals surface area (Å²) in [5, 5.41) is 4.60. The molecule has 0 bridgehead atoms. The Morgan fingerprint density at radius 1 is 1.22 bits per heavy atom. The standard InChI is InChI=1S/C13H14ClN3O/c14-10-6-2-1-5-9(10)11-16-12(18-17-11)13(15)7-3-4-8-13/h1-2,5-6H,3-4,7-8,15H2. The van der Waals surface area contributed by atoms with Crippen molar-refractivity contribution in [3.63, 3.8) is 0 Å². The van der Waals surface area contributed by atoms with E-state index >= 15 is 0 Å². The van der Waals surface area contributed by atoms with Crippen molar-refractivity contribution in [1.82, 2.24) is 10.1 Å². The van der Waals surface area contributed by atoms with Gasteiger partial charge in [-0.05, 0) is 25.0 Å². The van der Waals surface area contributed by atoms with Crippen LogP contribution in [0, 0.1) is 0 Å². The quantitative estimate of drug-likeness (QED) is 0.904. The number of hydrogen-bond acceptors (Lipinski definition) is 4. The van der Waals surface area contributed by atoms with Crippen LogP contribution in [0.4, 0.5) is 0 Å². The maximum Gasteiger partial charge on any atom is 0.247 e. The van der Waals surface area contributed by atoms with E-state index in [1.165, 1.54) is 0 Å². The van der Waals surface area contributed by atoms with Gasteiger partial charge in [0.2, 0.25) is 11.7 Å². The second-order valence-corrected chi connectivity index (χ2v) is 5.17. The highest BCUT2D eigenvalue weighted by Gasteiger charge is 2.37. The fraction of sp³-hybridized carbons (Fsp3) is 0.385. The summed E-state index contributed by atoms with van der Waals surface area (Å²) in [5.41, 5.74) is 6.60. The molecule has 1 fully saturated rings. The molecule has 18 heavy (non-hydrogen) atoms. The number of aromatic nitrogens is 2. The first-order valence-corrected chi connectivity index (χ1v) is 6.45. The number of benzene rings is 1. The molecule has 0 atom stereocenters. The second-order valence-electron chi connectivity index (χ2n) is 4.77. The van der Waals surface area contributed by atoms with E-state index in [0.717, 1.165) is 31.2 Å². The van der Waals surface area contributed by atoms with E-state index in [1.54, 1.807) is 6.07 Å². The Kier molecular flexibility index (Phi) is 2.84. The van der Waals surface area contributed by atoms with Gasteiger partial charge >= 0.3 is 0 Å². The fourth-order valence-corrected chi connectivity index (χ4v) is 2.62. The molecular weight excluding hydrogens is 250 g/mol. The number of rotatable bonds is 2. The minimum atomic E-state index is -0.452. The average molecular weight is 264 g/mol. The smallest absolute Gasteiger partial charge is 0.247 e. The predicted octanol–water partition coefficient (Wildman–Crippen LogP) is 3.12. The molecule has 1 aliphatic carbocycles. The molecule has 1 aromatic heterocycles. The zero-order chi connectivity index (χ0) is 12.6. The van der Waals surface area contributed by atoms with Crippen LogP contribution < -0.4 is 5.73 Å². The van der Waals surface area contributed by atoms with Crippen LogP contribution in [-0.4, -0.2) is 10.1 Å². The zero-order valence-electron chi connectivity index (χ0n) is 9.90. The van der Waals surface area contributed by atoms with Gasteiger partial charge in [-0.2, -0.15) is 4.98 Å². The molecule has 0 spiro atoms. The number of hydrogen-bond donors (Lipinski definition) is 1. The van der Waals surface area contributed by atoms with Crippen molar-refractivity contribution >= 4 is 11.6 Å². The second kappa shape index (κ2) is 4.37. The Morgan fingerprint density at radius 2 is 1.94 bits per heavy atom. The molecule has 2 N–H and O–H groups in total. The molecule has 1 saturated carbocycles. The molecule has 3 rings (SSSR count). The van der Waals surface area contributed by atoms with E-state index in [9.17, 15) is 0 Å². The van der Waals surface area contributed by atoms with Crippen molar-refractivity contribution in [2.75, 3.05) is 0 Å². The van der Waals surface area contributed by atoms with Crippen LogP contribution in [0.5, 0.6) is 0 Å². The molecule has 0 unspecified atom stereocenters. The molecule has 0 aliphatic heterocycles. The largest absolute Gasteiger partial charge is 0.337 e. The van der Waals surface area contributed by atoms with Crippen molar-refractivity contribution in [3.8, 4) is 11.4 Å². The molecule has 0 saturated heterocycles. The monoisotopic (exact) mass is 263 g/mol. The minimum Gasteiger partial charge on any atom is -0.337 e. The third kappa shape index (κ3) is 1.91. The van der Waals surface area contributed by atoms with Gasteiger partial charge in [-0.15, -0.1) is 0 Å². The van der Waals surface area contributed by atoms with E-state index in [4.69, 9.17) is 21.9 Å². The Bertz CT molecular complexity index is 561. The summed E-state index contributed by atoms with van der Waals surface area (Å²) in [6, 6.07) is 7.44. The maximum absolute atomic E-state index is 6.28. The summed E-state index contributed by atoms with van der Waals surface area (Å²) in [5.74, 6) is 1.03. The summed E-state index contributed by atoms with van der Waals surface area (Å²) in [7, 11) is 0. The molecular formula is C13H14ClN3O. The van der Waals surface area contributed by atoms with Gasteiger partial charge in [0.05, 0.1) is 10.6 Å². The van der Waals surface area contributed by atoms with E-state index < -0.39 is 5.54 Å². The molecule has 0 amide bonds. The van der Waals surface area contributed by atoms with Gasteiger partial charge in [-0.1, -0.05) is 41.7 Å². The summed E-state index contributed by atoms with van der Waals surface area (Å²) in [6.45, 7) is 0. The normalized spacial score (nSPS) is 18.1. The molecule has 5 heteroatoms. The van der Waals surface area contributed by atoms with Crippen LogP contribution in [0.3, 0.4) is 0 Å². The van der Waals surface area contributed by atoms with Gasteiger partial charge in [-0.3, -0.25) is 0 Å². The first-order chi connectivity index (χ1) is 8.69. The lowest BCUT2D eigenvalue weighted by atomic mass is 9.99. The highest BCUT2D eigenvalue weighted by Crippen LogP contribution is 2.36. The Hall–Kier alpha value is -1.39. The molecule has 2 aromatic rings. The fourth-order valence-electron chi connectivity index (χ4n) is 2.40. The molecule has 1 aliphatic rings. The first-order valence-electron chi connectivity index (χ1n) is 6.07. The lowest BCUT2D eigenvalue weighted by Crippen LogP contribution is -2.33. The highest BCUT2D eigenvalue weighted by molar-refractivity contribution is 6.33. The number of halogens is 1. The van der Waals surface area contributed by atoms with Gasteiger partial charge in [0, 0.05) is 5.56 Å². The zero-order valence-corrected chi connectivity index (χ0v) is 10.7. The average Bonchev–Trinajstić information content (AvgIpc) is 2.99. The SMILES string of the molecule is NC1(c2nc(-c3ccccc3Cl)no2)CCCC1. The van der Waals surface area contributed by atoms with Crippen LogP contribution in [0.2, 0.25) is 5.02 Å². The van der Waals surface area contributed by atoms with E-state index in [-0.39, 0.29) is 0 Å². The van der Waals surface area contributed by atoms with Crippen molar-refractivity contribution in [3.05, 3.63) is 35.2 Å². The Morgan fingerprint density at radius 3 is 2.67 bits per heavy atom. The van der Waals surface area contributed by atoms with Crippen molar-refractivity contribution in [1.29, 1.82) is 0 Å². The van der Waals surface area contributed by atoms with Crippen molar-refractivity contribution < 1.29 is 4.52 Å². The molecule has 0 radical (unpaired) electrons. The molecule has 1 aromatic carbocycles. The van der Waals surface area contributed by atoms with Crippen LogP contribution in [0.15, 0.2) is 28.8 Å². The van der Waals surface area contributed by atoms with E-state index in [0.29, 0.717) is 16.7 Å². The maximum atomic E-state index is 6.28. The third-order valence-corrected chi connectivity index (χ3v) is 3.79. The Balaban J connectivity index is 1.97. The molecule has 94 valence electrons. The predicted molar refractivity (Wildman–Crippen MR) is 69.1 cm³/mol. The third-order valence-electron chi connectivity index (χ3n) is 3.46. The van der Waals surface area contributed by atoms with Crippen LogP contribution in [-0.2, 0) is 5.54 Å². The Labute approximate surface area is 110 Å². The molecule has 1 heterocycles. The van der Waals surface area contributed by atoms with Crippen molar-refractivity contribution in [2.24, 2.45) is 5.73 Å². The highest BCUT2D eigenvalue weighted by atomic mass is 35.5. The summed E-state index contributed by atoms with van der Waals surface area (Å²) < 4.78 is 5.32. The topological polar surface area (TPSA) is 64.9 Å². The lowest BCUT2D eigenvalue weighted by Gasteiger charge is -2.17. The van der Waals surface area contributed by atoms with E-state index in [2.05, 4.69) is 10.1 Å². The van der Waals surface area contributed by atoms with Gasteiger partial charge < -0.3 is 10.3 Å². The van der Waals surface area contributed by atoms with Gasteiger partial charge in [0.25, 0.3) is 0 Å². The van der Waals surface area contributed by atoms with Gasteiger partial charge in [0.1, 0.15) is 0 Å². The van der Waals surface area contributed by atoms with Crippen LogP contribution >= 0.6 is 11.6 Å². The van der Waals surface area contributed by atoms with E-state index in [1.807, 2.05) is 18.2 Å². The van der Waals surface area contributed by atoms with Gasteiger partial charge in [-0.25, -0.2) is 0 Å². The summed E-state index contributed by atoms with van der Waals surface area (Å²) >= 11 is 6.11. The minimum absolute atomic E-state index is 0.452. The number of nitrogens with zero attached hydrogens (tertiary/aromatic N) is 2. The first kappa shape index (κ1) is 11.7. The van der Waals surface area contributed by atoms with Crippen molar-refractivity contribution in [2.45, 2.75) is 31.2 Å². The van der Waals surface area contributed by atoms with Gasteiger partial charge in [0.15, 0.2) is 0 Å². The van der Waals surface area contributed by atoms with Crippen LogP contribution in [0.25, 0.3) is 11.4 Å². The number of nitrogens with two attached hydrogens (primary N) is 1. The summed E-state index contributed by atoms with van der Waals surface area (Å²) in [4.78, 5) is 4.41. The van der Waals surface area contributed by atoms with Crippen LogP contribution in [0.1, 0.15) is 31.6 Å². The molecule has 4 nitrogen and oxygen atoms in total. The summed E-state index contributed by atoms with van der Waals surface area (Å²) in [6.07, 6.45) is 4.02. The lowest BCUT2D eigenvalue weighted by molar-refractivity contribution is 0.285.